The van der Waals surface area contributed by atoms with Crippen LogP contribution in [0.25, 0.3) is 0 Å². The van der Waals surface area contributed by atoms with Gasteiger partial charge in [-0.15, -0.1) is 0 Å². The van der Waals surface area contributed by atoms with Crippen LogP contribution in [-0.2, 0) is 4.79 Å². The molecule has 0 aromatic carbocycles. The molecule has 0 aromatic heterocycles. The third kappa shape index (κ3) is 2.87. The maximum Gasteiger partial charge on any atom is 0.239 e. The van der Waals surface area contributed by atoms with E-state index in [2.05, 4.69) is 17.1 Å². The lowest BCUT2D eigenvalue weighted by atomic mass is 10.1. The summed E-state index contributed by atoms with van der Waals surface area (Å²) < 4.78 is 0. The number of carbonyl (C=O) groups is 1. The normalized spacial score (nSPS) is 26.4. The van der Waals surface area contributed by atoms with Crippen LogP contribution in [-0.4, -0.2) is 36.0 Å². The third-order valence-corrected chi connectivity index (χ3v) is 4.74. The molecular formula is C15H26N2O. The van der Waals surface area contributed by atoms with Crippen LogP contribution in [0.4, 0.5) is 0 Å². The Bertz CT molecular complexity index is 292. The van der Waals surface area contributed by atoms with Crippen LogP contribution in [0.5, 0.6) is 0 Å². The van der Waals surface area contributed by atoms with E-state index < -0.39 is 0 Å². The molecule has 1 saturated heterocycles. The Hall–Kier alpha value is -0.570. The second kappa shape index (κ2) is 5.20. The van der Waals surface area contributed by atoms with Crippen LogP contribution in [0.1, 0.15) is 51.9 Å². The van der Waals surface area contributed by atoms with Crippen molar-refractivity contribution in [2.24, 2.45) is 11.8 Å². The van der Waals surface area contributed by atoms with Gasteiger partial charge in [0.2, 0.25) is 5.91 Å². The van der Waals surface area contributed by atoms with Crippen LogP contribution >= 0.6 is 0 Å². The monoisotopic (exact) mass is 250 g/mol. The quantitative estimate of drug-likeness (QED) is 0.811. The van der Waals surface area contributed by atoms with Crippen molar-refractivity contribution in [1.29, 1.82) is 0 Å². The van der Waals surface area contributed by atoms with Crippen molar-refractivity contribution >= 4 is 5.91 Å². The number of rotatable bonds is 5. The van der Waals surface area contributed by atoms with E-state index in [1.54, 1.807) is 0 Å². The number of likely N-dealkylation sites (tertiary alicyclic amines) is 1. The minimum atomic E-state index is 0.0225. The SMILES string of the molecule is CC(NC(C1CC1)C1CC1)C(=O)N1CCCCC1. The molecule has 0 radical (unpaired) electrons. The number of nitrogens with zero attached hydrogens (tertiary/aromatic N) is 1. The molecule has 2 aliphatic carbocycles. The van der Waals surface area contributed by atoms with Crippen molar-refractivity contribution in [2.75, 3.05) is 13.1 Å². The summed E-state index contributed by atoms with van der Waals surface area (Å²) in [7, 11) is 0. The molecule has 1 heterocycles. The van der Waals surface area contributed by atoms with Crippen molar-refractivity contribution in [2.45, 2.75) is 64.0 Å². The largest absolute Gasteiger partial charge is 0.341 e. The molecule has 1 unspecified atom stereocenters. The smallest absolute Gasteiger partial charge is 0.239 e. The summed E-state index contributed by atoms with van der Waals surface area (Å²) >= 11 is 0. The molecule has 0 bridgehead atoms. The van der Waals surface area contributed by atoms with E-state index in [1.807, 2.05) is 0 Å². The van der Waals surface area contributed by atoms with Gasteiger partial charge >= 0.3 is 0 Å². The molecule has 3 heteroatoms. The molecule has 3 nitrogen and oxygen atoms in total. The standard InChI is InChI=1S/C15H26N2O/c1-11(15(18)17-9-3-2-4-10-17)16-14(12-5-6-12)13-7-8-13/h11-14,16H,2-10H2,1H3. The fourth-order valence-electron chi connectivity index (χ4n) is 3.32. The second-order valence-electron chi connectivity index (χ2n) is 6.47. The van der Waals surface area contributed by atoms with E-state index in [4.69, 9.17) is 0 Å². The zero-order chi connectivity index (χ0) is 12.5. The fraction of sp³-hybridized carbons (Fsp3) is 0.933. The molecule has 3 aliphatic rings. The van der Waals surface area contributed by atoms with Gasteiger partial charge in [0, 0.05) is 19.1 Å². The number of hydrogen-bond donors (Lipinski definition) is 1. The molecule has 18 heavy (non-hydrogen) atoms. The number of carbonyl (C=O) groups excluding carboxylic acids is 1. The summed E-state index contributed by atoms with van der Waals surface area (Å²) in [6, 6.07) is 0.656. The van der Waals surface area contributed by atoms with Gasteiger partial charge in [-0.25, -0.2) is 0 Å². The van der Waals surface area contributed by atoms with Gasteiger partial charge in [0.1, 0.15) is 0 Å². The molecule has 3 fully saturated rings. The molecule has 102 valence electrons. The minimum absolute atomic E-state index is 0.0225. The van der Waals surface area contributed by atoms with Crippen LogP contribution in [0, 0.1) is 11.8 Å². The van der Waals surface area contributed by atoms with Crippen molar-refractivity contribution < 1.29 is 4.79 Å². The lowest BCUT2D eigenvalue weighted by Gasteiger charge is -2.31. The van der Waals surface area contributed by atoms with Crippen molar-refractivity contribution in [3.05, 3.63) is 0 Å². The molecule has 3 rings (SSSR count). The second-order valence-corrected chi connectivity index (χ2v) is 6.47. The van der Waals surface area contributed by atoms with Gasteiger partial charge in [0.05, 0.1) is 6.04 Å². The molecule has 1 amide bonds. The Labute approximate surface area is 110 Å². The minimum Gasteiger partial charge on any atom is -0.341 e. The highest BCUT2D eigenvalue weighted by Gasteiger charge is 2.42. The first-order chi connectivity index (χ1) is 8.75. The van der Waals surface area contributed by atoms with Gasteiger partial charge in [0.25, 0.3) is 0 Å². The fourth-order valence-corrected chi connectivity index (χ4v) is 3.32. The molecule has 1 aliphatic heterocycles. The van der Waals surface area contributed by atoms with Crippen molar-refractivity contribution in [3.8, 4) is 0 Å². The first kappa shape index (κ1) is 12.5. The lowest BCUT2D eigenvalue weighted by molar-refractivity contribution is -0.134. The Morgan fingerprint density at radius 1 is 1.06 bits per heavy atom. The van der Waals surface area contributed by atoms with E-state index >= 15 is 0 Å². The van der Waals surface area contributed by atoms with Crippen LogP contribution < -0.4 is 5.32 Å². The molecular weight excluding hydrogens is 224 g/mol. The number of amides is 1. The summed E-state index contributed by atoms with van der Waals surface area (Å²) in [5.41, 5.74) is 0. The zero-order valence-corrected chi connectivity index (χ0v) is 11.5. The first-order valence-corrected chi connectivity index (χ1v) is 7.80. The third-order valence-electron chi connectivity index (χ3n) is 4.74. The Morgan fingerprint density at radius 3 is 2.11 bits per heavy atom. The van der Waals surface area contributed by atoms with Gasteiger partial charge < -0.3 is 10.2 Å². The number of hydrogen-bond acceptors (Lipinski definition) is 2. The zero-order valence-electron chi connectivity index (χ0n) is 11.5. The lowest BCUT2D eigenvalue weighted by Crippen LogP contribution is -2.50. The molecule has 0 spiro atoms. The molecule has 1 N–H and O–H groups in total. The van der Waals surface area contributed by atoms with Gasteiger partial charge in [-0.2, -0.15) is 0 Å². The highest BCUT2D eigenvalue weighted by molar-refractivity contribution is 5.81. The average molecular weight is 250 g/mol. The highest BCUT2D eigenvalue weighted by Crippen LogP contribution is 2.44. The van der Waals surface area contributed by atoms with Gasteiger partial charge in [-0.3, -0.25) is 4.79 Å². The maximum atomic E-state index is 12.4. The molecule has 0 aromatic rings. The topological polar surface area (TPSA) is 32.3 Å². The predicted molar refractivity (Wildman–Crippen MR) is 72.3 cm³/mol. The summed E-state index contributed by atoms with van der Waals surface area (Å²) in [6.07, 6.45) is 9.16. The summed E-state index contributed by atoms with van der Waals surface area (Å²) in [6.45, 7) is 4.01. The average Bonchev–Trinajstić information content (AvgIpc) is 3.29. The van der Waals surface area contributed by atoms with Crippen molar-refractivity contribution in [3.63, 3.8) is 0 Å². The Balaban J connectivity index is 1.52. The molecule has 1 atom stereocenters. The van der Waals surface area contributed by atoms with Crippen LogP contribution in [0.2, 0.25) is 0 Å². The predicted octanol–water partition coefficient (Wildman–Crippen LogP) is 2.17. The van der Waals surface area contributed by atoms with Gasteiger partial charge in [0.15, 0.2) is 0 Å². The Kier molecular flexibility index (Phi) is 3.60. The maximum absolute atomic E-state index is 12.4. The highest BCUT2D eigenvalue weighted by atomic mass is 16.2. The van der Waals surface area contributed by atoms with E-state index in [0.29, 0.717) is 11.9 Å². The van der Waals surface area contributed by atoms with E-state index in [-0.39, 0.29) is 6.04 Å². The Morgan fingerprint density at radius 2 is 1.61 bits per heavy atom. The van der Waals surface area contributed by atoms with E-state index in [0.717, 1.165) is 24.9 Å². The number of nitrogens with one attached hydrogen (secondary N) is 1. The van der Waals surface area contributed by atoms with Crippen LogP contribution in [0.15, 0.2) is 0 Å². The van der Waals surface area contributed by atoms with Crippen molar-refractivity contribution in [1.82, 2.24) is 10.2 Å². The first-order valence-electron chi connectivity index (χ1n) is 7.80. The van der Waals surface area contributed by atoms with E-state index in [9.17, 15) is 4.79 Å². The van der Waals surface area contributed by atoms with E-state index in [1.165, 1.54) is 44.9 Å². The summed E-state index contributed by atoms with van der Waals surface area (Å²) in [5.74, 6) is 2.07. The van der Waals surface area contributed by atoms with Crippen LogP contribution in [0.3, 0.4) is 0 Å². The number of piperidine rings is 1. The summed E-state index contributed by atoms with van der Waals surface area (Å²) in [5, 5.41) is 3.65. The summed E-state index contributed by atoms with van der Waals surface area (Å²) in [4.78, 5) is 14.5. The molecule has 2 saturated carbocycles. The van der Waals surface area contributed by atoms with Gasteiger partial charge in [-0.1, -0.05) is 0 Å². The van der Waals surface area contributed by atoms with Gasteiger partial charge in [-0.05, 0) is 63.7 Å².